The van der Waals surface area contributed by atoms with Gasteiger partial charge in [-0.1, -0.05) is 35.9 Å². The maximum atomic E-state index is 5.87. The van der Waals surface area contributed by atoms with Crippen LogP contribution in [0.15, 0.2) is 30.3 Å². The lowest BCUT2D eigenvalue weighted by molar-refractivity contribution is 0.419. The van der Waals surface area contributed by atoms with E-state index in [1.807, 2.05) is 30.3 Å². The van der Waals surface area contributed by atoms with Gasteiger partial charge in [0.25, 0.3) is 0 Å². The van der Waals surface area contributed by atoms with Crippen LogP contribution in [0.1, 0.15) is 0 Å². The third kappa shape index (κ3) is 1.47. The molecule has 2 aromatic carbocycles. The Morgan fingerprint density at radius 3 is 2.85 bits per heavy atom. The lowest BCUT2D eigenvalue weighted by atomic mass is 10.1. The molecule has 0 aliphatic heterocycles. The third-order valence-corrected chi connectivity index (χ3v) is 2.13. The Kier molecular flexibility index (Phi) is 2.11. The van der Waals surface area contributed by atoms with Crippen molar-refractivity contribution >= 4 is 22.4 Å². The molecule has 1 radical (unpaired) electrons. The van der Waals surface area contributed by atoms with Crippen LogP contribution < -0.4 is 4.74 Å². The molecule has 0 N–H and O–H groups in total. The molecule has 0 saturated carbocycles. The summed E-state index contributed by atoms with van der Waals surface area (Å²) < 4.78 is 5.17. The van der Waals surface area contributed by atoms with Gasteiger partial charge in [-0.3, -0.25) is 0 Å². The Balaban J connectivity index is 2.81. The van der Waals surface area contributed by atoms with Crippen LogP contribution in [0, 0.1) is 6.07 Å². The maximum absolute atomic E-state index is 5.87. The van der Waals surface area contributed by atoms with Gasteiger partial charge in [0.1, 0.15) is 5.75 Å². The van der Waals surface area contributed by atoms with Gasteiger partial charge in [-0.15, -0.1) is 0 Å². The number of hydrogen-bond donors (Lipinski definition) is 0. The van der Waals surface area contributed by atoms with Crippen molar-refractivity contribution in [2.24, 2.45) is 0 Å². The van der Waals surface area contributed by atoms with E-state index in [-0.39, 0.29) is 0 Å². The summed E-state index contributed by atoms with van der Waals surface area (Å²) in [6, 6.07) is 12.7. The molecule has 2 aromatic rings. The van der Waals surface area contributed by atoms with Crippen LogP contribution in [0.5, 0.6) is 5.75 Å². The number of ether oxygens (including phenoxy) is 1. The zero-order valence-corrected chi connectivity index (χ0v) is 7.93. The average Bonchev–Trinajstić information content (AvgIpc) is 2.16. The van der Waals surface area contributed by atoms with E-state index in [9.17, 15) is 0 Å². The van der Waals surface area contributed by atoms with Crippen LogP contribution in [0.2, 0.25) is 5.02 Å². The fourth-order valence-corrected chi connectivity index (χ4v) is 1.54. The second kappa shape index (κ2) is 3.27. The van der Waals surface area contributed by atoms with Gasteiger partial charge < -0.3 is 4.74 Å². The molecule has 2 rings (SSSR count). The number of benzene rings is 2. The van der Waals surface area contributed by atoms with E-state index in [2.05, 4.69) is 6.07 Å². The molecule has 0 saturated heterocycles. The Labute approximate surface area is 81.9 Å². The van der Waals surface area contributed by atoms with Crippen molar-refractivity contribution in [3.8, 4) is 5.75 Å². The summed E-state index contributed by atoms with van der Waals surface area (Å²) in [6.07, 6.45) is 0. The SMILES string of the molecule is COc1[c]c(Cl)cc2ccccc12. The lowest BCUT2D eigenvalue weighted by Gasteiger charge is -2.04. The average molecular weight is 192 g/mol. The first kappa shape index (κ1) is 8.39. The number of rotatable bonds is 1. The number of hydrogen-bond acceptors (Lipinski definition) is 1. The molecule has 2 heteroatoms. The highest BCUT2D eigenvalue weighted by Gasteiger charge is 2.02. The van der Waals surface area contributed by atoms with E-state index in [1.165, 1.54) is 0 Å². The second-order valence-corrected chi connectivity index (χ2v) is 3.14. The summed E-state index contributed by atoms with van der Waals surface area (Å²) in [7, 11) is 1.62. The van der Waals surface area contributed by atoms with Crippen molar-refractivity contribution in [1.82, 2.24) is 0 Å². The number of fused-ring (bicyclic) bond motifs is 1. The normalized spacial score (nSPS) is 10.3. The first-order valence-corrected chi connectivity index (χ1v) is 4.33. The van der Waals surface area contributed by atoms with Crippen molar-refractivity contribution < 1.29 is 4.74 Å². The second-order valence-electron chi connectivity index (χ2n) is 2.74. The molecule has 13 heavy (non-hydrogen) atoms. The van der Waals surface area contributed by atoms with E-state index in [1.54, 1.807) is 7.11 Å². The zero-order valence-electron chi connectivity index (χ0n) is 7.17. The maximum Gasteiger partial charge on any atom is 0.136 e. The third-order valence-electron chi connectivity index (χ3n) is 1.92. The molecule has 0 spiro atoms. The van der Waals surface area contributed by atoms with Gasteiger partial charge in [-0.25, -0.2) is 0 Å². The van der Waals surface area contributed by atoms with Gasteiger partial charge in [0.05, 0.1) is 12.1 Å². The van der Waals surface area contributed by atoms with Gasteiger partial charge in [-0.05, 0) is 11.5 Å². The molecule has 0 aliphatic rings. The van der Waals surface area contributed by atoms with E-state index < -0.39 is 0 Å². The number of methoxy groups -OCH3 is 1. The molecule has 0 bridgehead atoms. The Morgan fingerprint density at radius 2 is 2.08 bits per heavy atom. The Bertz CT molecular complexity index is 437. The van der Waals surface area contributed by atoms with Gasteiger partial charge in [0.15, 0.2) is 0 Å². The Morgan fingerprint density at radius 1 is 1.31 bits per heavy atom. The standard InChI is InChI=1S/C11H8ClO/c1-13-11-7-9(12)6-8-4-2-3-5-10(8)11/h2-6H,1H3. The Hall–Kier alpha value is -1.21. The molecule has 0 atom stereocenters. The minimum atomic E-state index is 0.579. The van der Waals surface area contributed by atoms with Gasteiger partial charge >= 0.3 is 0 Å². The van der Waals surface area contributed by atoms with Crippen molar-refractivity contribution in [3.05, 3.63) is 41.4 Å². The monoisotopic (exact) mass is 191 g/mol. The summed E-state index contributed by atoms with van der Waals surface area (Å²) in [5.74, 6) is 0.697. The molecule has 0 aliphatic carbocycles. The van der Waals surface area contributed by atoms with Crippen LogP contribution in [-0.2, 0) is 0 Å². The molecular formula is C11H8ClO. The minimum Gasteiger partial charge on any atom is -0.495 e. The molecule has 0 heterocycles. The quantitative estimate of drug-likeness (QED) is 0.672. The van der Waals surface area contributed by atoms with Crippen LogP contribution in [0.3, 0.4) is 0 Å². The molecule has 0 fully saturated rings. The first-order valence-electron chi connectivity index (χ1n) is 3.96. The zero-order chi connectivity index (χ0) is 9.26. The molecule has 0 amide bonds. The van der Waals surface area contributed by atoms with E-state index >= 15 is 0 Å². The molecule has 65 valence electrons. The van der Waals surface area contributed by atoms with Crippen molar-refractivity contribution in [1.29, 1.82) is 0 Å². The lowest BCUT2D eigenvalue weighted by Crippen LogP contribution is -1.85. The summed E-state index contributed by atoms with van der Waals surface area (Å²) in [5.41, 5.74) is 0. The highest BCUT2D eigenvalue weighted by atomic mass is 35.5. The summed E-state index contributed by atoms with van der Waals surface area (Å²) in [6.45, 7) is 0. The highest BCUT2D eigenvalue weighted by molar-refractivity contribution is 6.31. The van der Waals surface area contributed by atoms with E-state index in [0.717, 1.165) is 10.8 Å². The number of halogens is 1. The first-order chi connectivity index (χ1) is 6.31. The van der Waals surface area contributed by atoms with Crippen molar-refractivity contribution in [3.63, 3.8) is 0 Å². The molecule has 1 nitrogen and oxygen atoms in total. The minimum absolute atomic E-state index is 0.579. The van der Waals surface area contributed by atoms with Gasteiger partial charge in [-0.2, -0.15) is 0 Å². The molecule has 0 unspecified atom stereocenters. The summed E-state index contributed by atoms with van der Waals surface area (Å²) >= 11 is 5.87. The summed E-state index contributed by atoms with van der Waals surface area (Å²) in [5, 5.41) is 2.69. The fraction of sp³-hybridized carbons (Fsp3) is 0.0909. The largest absolute Gasteiger partial charge is 0.495 e. The van der Waals surface area contributed by atoms with E-state index in [0.29, 0.717) is 10.8 Å². The fourth-order valence-electron chi connectivity index (χ4n) is 1.34. The van der Waals surface area contributed by atoms with Crippen LogP contribution >= 0.6 is 11.6 Å². The topological polar surface area (TPSA) is 9.23 Å². The summed E-state index contributed by atoms with van der Waals surface area (Å²) in [4.78, 5) is 0. The van der Waals surface area contributed by atoms with Gasteiger partial charge in [0, 0.05) is 11.5 Å². The van der Waals surface area contributed by atoms with E-state index in [4.69, 9.17) is 16.3 Å². The highest BCUT2D eigenvalue weighted by Crippen LogP contribution is 2.28. The van der Waals surface area contributed by atoms with Crippen molar-refractivity contribution in [2.45, 2.75) is 0 Å². The predicted molar refractivity (Wildman–Crippen MR) is 54.3 cm³/mol. The van der Waals surface area contributed by atoms with Crippen molar-refractivity contribution in [2.75, 3.05) is 7.11 Å². The van der Waals surface area contributed by atoms with Crippen LogP contribution in [0.4, 0.5) is 0 Å². The van der Waals surface area contributed by atoms with Gasteiger partial charge in [0.2, 0.25) is 0 Å². The van der Waals surface area contributed by atoms with Crippen LogP contribution in [-0.4, -0.2) is 7.11 Å². The molecular weight excluding hydrogens is 184 g/mol. The smallest absolute Gasteiger partial charge is 0.136 e. The van der Waals surface area contributed by atoms with Crippen LogP contribution in [0.25, 0.3) is 10.8 Å². The molecule has 0 aromatic heterocycles. The predicted octanol–water partition coefficient (Wildman–Crippen LogP) is 3.30.